The quantitative estimate of drug-likeness (QED) is 0.704. The van der Waals surface area contributed by atoms with E-state index in [0.29, 0.717) is 12.8 Å². The Morgan fingerprint density at radius 2 is 2.06 bits per heavy atom. The molecule has 1 fully saturated rings. The van der Waals surface area contributed by atoms with E-state index in [4.69, 9.17) is 5.11 Å². The Labute approximate surface area is 106 Å². The van der Waals surface area contributed by atoms with Crippen LogP contribution in [0.1, 0.15) is 19.8 Å². The fourth-order valence-corrected chi connectivity index (χ4v) is 3.42. The van der Waals surface area contributed by atoms with Gasteiger partial charge in [0.05, 0.1) is 5.92 Å². The molecule has 1 rings (SSSR count). The lowest BCUT2D eigenvalue weighted by atomic mass is 9.99. The van der Waals surface area contributed by atoms with Crippen LogP contribution in [0.25, 0.3) is 0 Å². The van der Waals surface area contributed by atoms with E-state index in [1.54, 1.807) is 0 Å². The zero-order valence-corrected chi connectivity index (χ0v) is 11.2. The number of amides is 1. The highest BCUT2D eigenvalue weighted by Crippen LogP contribution is 2.21. The maximum Gasteiger partial charge on any atom is 0.323 e. The molecule has 0 spiro atoms. The van der Waals surface area contributed by atoms with Crippen LogP contribution in [0.3, 0.4) is 0 Å². The molecule has 1 heterocycles. The Morgan fingerprint density at radius 3 is 2.56 bits per heavy atom. The zero-order valence-electron chi connectivity index (χ0n) is 10.4. The molecule has 1 aliphatic heterocycles. The first-order valence-electron chi connectivity index (χ1n) is 5.74. The summed E-state index contributed by atoms with van der Waals surface area (Å²) in [7, 11) is -2.39. The molecule has 0 bridgehead atoms. The number of nitrogens with one attached hydrogen (secondary N) is 1. The molecule has 1 amide bonds. The van der Waals surface area contributed by atoms with Crippen molar-refractivity contribution < 1.29 is 23.1 Å². The van der Waals surface area contributed by atoms with Crippen LogP contribution in [-0.4, -0.2) is 55.1 Å². The third-order valence-electron chi connectivity index (χ3n) is 3.16. The molecular formula is C10H18N2O5S. The van der Waals surface area contributed by atoms with Gasteiger partial charge in [0.25, 0.3) is 0 Å². The minimum absolute atomic E-state index is 0.0552. The predicted octanol–water partition coefficient (Wildman–Crippen LogP) is -0.753. The van der Waals surface area contributed by atoms with Gasteiger partial charge in [0.15, 0.2) is 5.25 Å². The standard InChI is InChI=1S/C10H18N2O5S/c1-7(10(14)15)18(16,17)12-5-3-4-8(6-12)9(13)11-2/h7-8H,3-6H2,1-2H3,(H,11,13)(H,14,15). The predicted molar refractivity (Wildman–Crippen MR) is 64.4 cm³/mol. The van der Waals surface area contributed by atoms with Gasteiger partial charge in [-0.25, -0.2) is 12.7 Å². The SMILES string of the molecule is CNC(=O)C1CCCN(S(=O)(=O)C(C)C(=O)O)C1. The fraction of sp³-hybridized carbons (Fsp3) is 0.800. The van der Waals surface area contributed by atoms with Crippen LogP contribution in [0.15, 0.2) is 0 Å². The van der Waals surface area contributed by atoms with Gasteiger partial charge in [0, 0.05) is 20.1 Å². The summed E-state index contributed by atoms with van der Waals surface area (Å²) in [4.78, 5) is 22.3. The highest BCUT2D eigenvalue weighted by atomic mass is 32.2. The van der Waals surface area contributed by atoms with E-state index >= 15 is 0 Å². The maximum absolute atomic E-state index is 12.0. The van der Waals surface area contributed by atoms with Crippen molar-refractivity contribution in [1.82, 2.24) is 9.62 Å². The molecule has 104 valence electrons. The highest BCUT2D eigenvalue weighted by molar-refractivity contribution is 7.90. The third kappa shape index (κ3) is 2.99. The number of sulfonamides is 1. The van der Waals surface area contributed by atoms with E-state index in [1.165, 1.54) is 7.05 Å². The molecule has 1 aliphatic rings. The maximum atomic E-state index is 12.0. The number of hydrogen-bond acceptors (Lipinski definition) is 4. The number of carboxylic acid groups (broad SMARTS) is 1. The molecule has 0 aromatic heterocycles. The summed E-state index contributed by atoms with van der Waals surface area (Å²) in [6.45, 7) is 1.47. The number of rotatable bonds is 4. The van der Waals surface area contributed by atoms with Gasteiger partial charge in [-0.15, -0.1) is 0 Å². The lowest BCUT2D eigenvalue weighted by molar-refractivity contribution is -0.136. The minimum Gasteiger partial charge on any atom is -0.480 e. The molecule has 2 N–H and O–H groups in total. The van der Waals surface area contributed by atoms with E-state index in [1.807, 2.05) is 0 Å². The first-order chi connectivity index (χ1) is 8.30. The summed E-state index contributed by atoms with van der Waals surface area (Å²) in [6, 6.07) is 0. The van der Waals surface area contributed by atoms with Crippen molar-refractivity contribution >= 4 is 21.9 Å². The second kappa shape index (κ2) is 5.66. The Kier molecular flexibility index (Phi) is 4.69. The first kappa shape index (κ1) is 14.9. The summed E-state index contributed by atoms with van der Waals surface area (Å²) in [6.07, 6.45) is 1.18. The van der Waals surface area contributed by atoms with Crippen molar-refractivity contribution in [2.75, 3.05) is 20.1 Å². The monoisotopic (exact) mass is 278 g/mol. The van der Waals surface area contributed by atoms with Crippen molar-refractivity contribution in [2.45, 2.75) is 25.0 Å². The van der Waals surface area contributed by atoms with Crippen molar-refractivity contribution in [1.29, 1.82) is 0 Å². The second-order valence-corrected chi connectivity index (χ2v) is 6.59. The van der Waals surface area contributed by atoms with E-state index in [0.717, 1.165) is 11.2 Å². The average molecular weight is 278 g/mol. The highest BCUT2D eigenvalue weighted by Gasteiger charge is 2.37. The van der Waals surface area contributed by atoms with Crippen molar-refractivity contribution in [2.24, 2.45) is 5.92 Å². The number of nitrogens with zero attached hydrogens (tertiary/aromatic N) is 1. The lowest BCUT2D eigenvalue weighted by Gasteiger charge is -2.31. The van der Waals surface area contributed by atoms with Crippen molar-refractivity contribution in [3.63, 3.8) is 0 Å². The van der Waals surface area contributed by atoms with E-state index in [2.05, 4.69) is 5.32 Å². The van der Waals surface area contributed by atoms with E-state index < -0.39 is 27.2 Å². The molecule has 0 aromatic rings. The number of piperidine rings is 1. The summed E-state index contributed by atoms with van der Waals surface area (Å²) in [5.41, 5.74) is 0. The summed E-state index contributed by atoms with van der Waals surface area (Å²) in [5.74, 6) is -1.99. The molecule has 8 heteroatoms. The van der Waals surface area contributed by atoms with Crippen LogP contribution in [0, 0.1) is 5.92 Å². The van der Waals surface area contributed by atoms with Gasteiger partial charge in [-0.3, -0.25) is 9.59 Å². The second-order valence-electron chi connectivity index (χ2n) is 4.34. The molecule has 0 aromatic carbocycles. The van der Waals surface area contributed by atoms with Crippen LogP contribution >= 0.6 is 0 Å². The third-order valence-corrected chi connectivity index (χ3v) is 5.30. The molecule has 18 heavy (non-hydrogen) atoms. The van der Waals surface area contributed by atoms with Crippen LogP contribution in [-0.2, 0) is 19.6 Å². The Balaban J connectivity index is 2.84. The largest absolute Gasteiger partial charge is 0.480 e. The van der Waals surface area contributed by atoms with Crippen molar-refractivity contribution in [3.8, 4) is 0 Å². The smallest absolute Gasteiger partial charge is 0.323 e. The molecule has 2 atom stereocenters. The molecule has 7 nitrogen and oxygen atoms in total. The molecule has 2 unspecified atom stereocenters. The van der Waals surface area contributed by atoms with Crippen LogP contribution < -0.4 is 5.32 Å². The Hall–Kier alpha value is -1.15. The van der Waals surface area contributed by atoms with Gasteiger partial charge < -0.3 is 10.4 Å². The number of aliphatic carboxylic acids is 1. The molecule has 0 aliphatic carbocycles. The Bertz CT molecular complexity index is 434. The molecule has 0 radical (unpaired) electrons. The lowest BCUT2D eigenvalue weighted by Crippen LogP contribution is -2.48. The molecular weight excluding hydrogens is 260 g/mol. The average Bonchev–Trinajstić information content (AvgIpc) is 2.36. The normalized spacial score (nSPS) is 23.3. The first-order valence-corrected chi connectivity index (χ1v) is 7.24. The number of carbonyl (C=O) groups is 2. The van der Waals surface area contributed by atoms with E-state index in [9.17, 15) is 18.0 Å². The fourth-order valence-electron chi connectivity index (χ4n) is 1.94. The van der Waals surface area contributed by atoms with Gasteiger partial charge >= 0.3 is 5.97 Å². The number of carbonyl (C=O) groups excluding carboxylic acids is 1. The van der Waals surface area contributed by atoms with Gasteiger partial charge in [0.2, 0.25) is 15.9 Å². The zero-order chi connectivity index (χ0) is 13.9. The molecule has 0 saturated carbocycles. The topological polar surface area (TPSA) is 104 Å². The van der Waals surface area contributed by atoms with Gasteiger partial charge in [-0.1, -0.05) is 0 Å². The number of hydrogen-bond donors (Lipinski definition) is 2. The van der Waals surface area contributed by atoms with Crippen LogP contribution in [0.4, 0.5) is 0 Å². The van der Waals surface area contributed by atoms with E-state index in [-0.39, 0.29) is 19.0 Å². The minimum atomic E-state index is -3.88. The van der Waals surface area contributed by atoms with Crippen LogP contribution in [0.2, 0.25) is 0 Å². The van der Waals surface area contributed by atoms with Gasteiger partial charge in [0.1, 0.15) is 0 Å². The van der Waals surface area contributed by atoms with Crippen LogP contribution in [0.5, 0.6) is 0 Å². The molecule has 1 saturated heterocycles. The number of carboxylic acids is 1. The van der Waals surface area contributed by atoms with Crippen molar-refractivity contribution in [3.05, 3.63) is 0 Å². The van der Waals surface area contributed by atoms with Gasteiger partial charge in [-0.05, 0) is 19.8 Å². The van der Waals surface area contributed by atoms with Gasteiger partial charge in [-0.2, -0.15) is 0 Å². The summed E-state index contributed by atoms with van der Waals surface area (Å²) >= 11 is 0. The summed E-state index contributed by atoms with van der Waals surface area (Å²) in [5, 5.41) is 9.78. The Morgan fingerprint density at radius 1 is 1.44 bits per heavy atom. The summed E-state index contributed by atoms with van der Waals surface area (Å²) < 4.78 is 25.1.